The van der Waals surface area contributed by atoms with Gasteiger partial charge in [0.1, 0.15) is 6.61 Å². The van der Waals surface area contributed by atoms with Gasteiger partial charge >= 0.3 is 12.1 Å². The van der Waals surface area contributed by atoms with Crippen molar-refractivity contribution in [1.29, 1.82) is 0 Å². The maximum atomic E-state index is 11.5. The van der Waals surface area contributed by atoms with Crippen LogP contribution < -0.4 is 5.32 Å². The molecule has 0 aliphatic carbocycles. The maximum Gasteiger partial charge on any atom is 0.407 e. The molecule has 1 atom stereocenters. The SMILES string of the molecule is CCCCNC(=O)O[C@@H](COCC)COC(=O)CC. The molecular formula is C13H25NO5. The number of carbonyl (C=O) groups is 2. The molecule has 0 rings (SSSR count). The van der Waals surface area contributed by atoms with E-state index in [1.165, 1.54) is 0 Å². The fourth-order valence-electron chi connectivity index (χ4n) is 1.21. The molecule has 0 bridgehead atoms. The number of hydrogen-bond donors (Lipinski definition) is 1. The van der Waals surface area contributed by atoms with Crippen molar-refractivity contribution in [1.82, 2.24) is 5.32 Å². The molecule has 0 spiro atoms. The number of esters is 1. The van der Waals surface area contributed by atoms with Crippen LogP contribution in [0.3, 0.4) is 0 Å². The van der Waals surface area contributed by atoms with Gasteiger partial charge in [0.25, 0.3) is 0 Å². The van der Waals surface area contributed by atoms with Gasteiger partial charge in [-0.15, -0.1) is 0 Å². The molecule has 0 aromatic rings. The lowest BCUT2D eigenvalue weighted by Crippen LogP contribution is -2.35. The van der Waals surface area contributed by atoms with Crippen molar-refractivity contribution in [2.24, 2.45) is 0 Å². The highest BCUT2D eigenvalue weighted by atomic mass is 16.6. The summed E-state index contributed by atoms with van der Waals surface area (Å²) in [7, 11) is 0. The van der Waals surface area contributed by atoms with E-state index in [2.05, 4.69) is 5.32 Å². The van der Waals surface area contributed by atoms with E-state index in [9.17, 15) is 9.59 Å². The number of ether oxygens (including phenoxy) is 3. The fourth-order valence-corrected chi connectivity index (χ4v) is 1.21. The number of hydrogen-bond acceptors (Lipinski definition) is 5. The lowest BCUT2D eigenvalue weighted by Gasteiger charge is -2.18. The average Bonchev–Trinajstić information content (AvgIpc) is 2.41. The van der Waals surface area contributed by atoms with Crippen LogP contribution in [-0.2, 0) is 19.0 Å². The third-order valence-corrected chi connectivity index (χ3v) is 2.30. The zero-order chi connectivity index (χ0) is 14.5. The van der Waals surface area contributed by atoms with Gasteiger partial charge in [0.05, 0.1) is 6.61 Å². The molecule has 6 nitrogen and oxygen atoms in total. The Morgan fingerprint density at radius 3 is 2.47 bits per heavy atom. The summed E-state index contributed by atoms with van der Waals surface area (Å²) in [6.07, 6.45) is 1.11. The molecule has 6 heteroatoms. The fraction of sp³-hybridized carbons (Fsp3) is 0.846. The van der Waals surface area contributed by atoms with Gasteiger partial charge in [-0.2, -0.15) is 0 Å². The Labute approximate surface area is 114 Å². The number of carbonyl (C=O) groups excluding carboxylic acids is 2. The zero-order valence-electron chi connectivity index (χ0n) is 12.1. The summed E-state index contributed by atoms with van der Waals surface area (Å²) in [5, 5.41) is 2.63. The highest BCUT2D eigenvalue weighted by Crippen LogP contribution is 1.98. The second-order valence-corrected chi connectivity index (χ2v) is 4.00. The van der Waals surface area contributed by atoms with E-state index in [0.29, 0.717) is 19.6 Å². The normalized spacial score (nSPS) is 11.7. The first kappa shape index (κ1) is 17.7. The number of rotatable bonds is 10. The average molecular weight is 275 g/mol. The van der Waals surface area contributed by atoms with Gasteiger partial charge in [-0.1, -0.05) is 20.3 Å². The topological polar surface area (TPSA) is 73.9 Å². The Morgan fingerprint density at radius 1 is 1.16 bits per heavy atom. The number of unbranched alkanes of at least 4 members (excludes halogenated alkanes) is 1. The van der Waals surface area contributed by atoms with Crippen molar-refractivity contribution >= 4 is 12.1 Å². The van der Waals surface area contributed by atoms with Crippen LogP contribution >= 0.6 is 0 Å². The Balaban J connectivity index is 4.02. The monoisotopic (exact) mass is 275 g/mol. The Morgan fingerprint density at radius 2 is 1.89 bits per heavy atom. The van der Waals surface area contributed by atoms with Crippen molar-refractivity contribution in [3.63, 3.8) is 0 Å². The van der Waals surface area contributed by atoms with E-state index in [1.807, 2.05) is 13.8 Å². The van der Waals surface area contributed by atoms with Crippen LogP contribution in [0.1, 0.15) is 40.0 Å². The quantitative estimate of drug-likeness (QED) is 0.486. The van der Waals surface area contributed by atoms with Crippen LogP contribution in [-0.4, -0.2) is 44.5 Å². The molecule has 19 heavy (non-hydrogen) atoms. The smallest absolute Gasteiger partial charge is 0.407 e. The van der Waals surface area contributed by atoms with E-state index in [0.717, 1.165) is 12.8 Å². The Hall–Kier alpha value is -1.30. The van der Waals surface area contributed by atoms with Crippen molar-refractivity contribution in [3.8, 4) is 0 Å². The van der Waals surface area contributed by atoms with Crippen molar-refractivity contribution < 1.29 is 23.8 Å². The lowest BCUT2D eigenvalue weighted by atomic mass is 10.3. The number of amides is 1. The van der Waals surface area contributed by atoms with Gasteiger partial charge in [-0.3, -0.25) is 4.79 Å². The van der Waals surface area contributed by atoms with Crippen LogP contribution in [0.25, 0.3) is 0 Å². The highest BCUT2D eigenvalue weighted by molar-refractivity contribution is 5.69. The van der Waals surface area contributed by atoms with Crippen molar-refractivity contribution in [3.05, 3.63) is 0 Å². The first-order valence-corrected chi connectivity index (χ1v) is 6.81. The van der Waals surface area contributed by atoms with E-state index < -0.39 is 12.2 Å². The largest absolute Gasteiger partial charge is 0.462 e. The minimum atomic E-state index is -0.572. The molecule has 0 aliphatic heterocycles. The molecule has 112 valence electrons. The first-order valence-electron chi connectivity index (χ1n) is 6.81. The van der Waals surface area contributed by atoms with Crippen molar-refractivity contribution in [2.45, 2.75) is 46.1 Å². The van der Waals surface area contributed by atoms with E-state index in [4.69, 9.17) is 14.2 Å². The summed E-state index contributed by atoms with van der Waals surface area (Å²) in [5.74, 6) is -0.323. The molecule has 0 aromatic carbocycles. The van der Waals surface area contributed by atoms with Gasteiger partial charge in [-0.25, -0.2) is 4.79 Å². The van der Waals surface area contributed by atoms with Gasteiger partial charge in [-0.05, 0) is 13.3 Å². The zero-order valence-corrected chi connectivity index (χ0v) is 12.1. The minimum Gasteiger partial charge on any atom is -0.462 e. The summed E-state index contributed by atoms with van der Waals surface area (Å²) >= 11 is 0. The maximum absolute atomic E-state index is 11.5. The van der Waals surface area contributed by atoms with Crippen LogP contribution in [0.2, 0.25) is 0 Å². The molecule has 0 saturated carbocycles. The van der Waals surface area contributed by atoms with E-state index >= 15 is 0 Å². The number of nitrogens with one attached hydrogen (secondary N) is 1. The Kier molecular flexibility index (Phi) is 11.0. The molecule has 1 amide bonds. The predicted octanol–water partition coefficient (Wildman–Crippen LogP) is 1.87. The lowest BCUT2D eigenvalue weighted by molar-refractivity contribution is -0.147. The standard InChI is InChI=1S/C13H25NO5/c1-4-7-8-14-13(16)19-11(9-17-6-3)10-18-12(15)5-2/h11H,4-10H2,1-3H3,(H,14,16)/t11-/m0/s1. The van der Waals surface area contributed by atoms with E-state index in [-0.39, 0.29) is 19.2 Å². The van der Waals surface area contributed by atoms with Crippen LogP contribution in [0.15, 0.2) is 0 Å². The van der Waals surface area contributed by atoms with Gasteiger partial charge in [0.15, 0.2) is 6.10 Å². The molecule has 0 aliphatic rings. The van der Waals surface area contributed by atoms with Crippen molar-refractivity contribution in [2.75, 3.05) is 26.4 Å². The second kappa shape index (κ2) is 11.8. The molecule has 0 saturated heterocycles. The van der Waals surface area contributed by atoms with Gasteiger partial charge in [0.2, 0.25) is 0 Å². The van der Waals surface area contributed by atoms with Crippen LogP contribution in [0.5, 0.6) is 0 Å². The molecule has 0 radical (unpaired) electrons. The summed E-state index contributed by atoms with van der Waals surface area (Å²) in [5.41, 5.74) is 0. The summed E-state index contributed by atoms with van der Waals surface area (Å²) in [4.78, 5) is 22.5. The van der Waals surface area contributed by atoms with Gasteiger partial charge in [0, 0.05) is 19.6 Å². The molecule has 0 aromatic heterocycles. The molecular weight excluding hydrogens is 250 g/mol. The van der Waals surface area contributed by atoms with Crippen LogP contribution in [0, 0.1) is 0 Å². The van der Waals surface area contributed by atoms with Gasteiger partial charge < -0.3 is 19.5 Å². The Bertz CT molecular complexity index is 257. The number of alkyl carbamates (subject to hydrolysis) is 1. The third-order valence-electron chi connectivity index (χ3n) is 2.30. The summed E-state index contributed by atoms with van der Waals surface area (Å²) < 4.78 is 15.3. The van der Waals surface area contributed by atoms with Crippen LogP contribution in [0.4, 0.5) is 4.79 Å². The minimum absolute atomic E-state index is 0.0217. The molecule has 0 unspecified atom stereocenters. The molecule has 1 N–H and O–H groups in total. The second-order valence-electron chi connectivity index (χ2n) is 4.00. The third kappa shape index (κ3) is 10.3. The predicted molar refractivity (Wildman–Crippen MR) is 70.9 cm³/mol. The highest BCUT2D eigenvalue weighted by Gasteiger charge is 2.16. The summed E-state index contributed by atoms with van der Waals surface area (Å²) in [6, 6.07) is 0. The summed E-state index contributed by atoms with van der Waals surface area (Å²) in [6.45, 7) is 6.91. The first-order chi connectivity index (χ1) is 9.13. The molecule has 0 fully saturated rings. The van der Waals surface area contributed by atoms with E-state index in [1.54, 1.807) is 6.92 Å². The molecule has 0 heterocycles.